The second kappa shape index (κ2) is 14.0. The first-order chi connectivity index (χ1) is 21.5. The highest BCUT2D eigenvalue weighted by Crippen LogP contribution is 2.46. The average molecular weight is 714 g/mol. The quantitative estimate of drug-likeness (QED) is 0.179. The summed E-state index contributed by atoms with van der Waals surface area (Å²) in [5.74, 6) is -1.07. The van der Waals surface area contributed by atoms with E-state index in [1.807, 2.05) is 0 Å². The first-order valence-corrected chi connectivity index (χ1v) is 20.6. The highest BCUT2D eigenvalue weighted by molar-refractivity contribution is 7.87. The van der Waals surface area contributed by atoms with Crippen molar-refractivity contribution in [2.45, 2.75) is 135 Å². The number of hydrogen-bond acceptors (Lipinski definition) is 13. The molecule has 0 radical (unpaired) electrons. The third kappa shape index (κ3) is 7.98. The van der Waals surface area contributed by atoms with Crippen molar-refractivity contribution in [3.8, 4) is 0 Å². The highest BCUT2D eigenvalue weighted by Gasteiger charge is 2.54. The number of methoxy groups -OCH3 is 1. The summed E-state index contributed by atoms with van der Waals surface area (Å²) in [5.41, 5.74) is 6.03. The number of azo groups is 2. The predicted octanol–water partition coefficient (Wildman–Crippen LogP) is 2.05. The molecule has 0 saturated heterocycles. The van der Waals surface area contributed by atoms with Crippen LogP contribution in [0.2, 0.25) is 0 Å². The van der Waals surface area contributed by atoms with Crippen molar-refractivity contribution in [3.63, 3.8) is 0 Å². The predicted molar refractivity (Wildman–Crippen MR) is 165 cm³/mol. The molecule has 14 unspecified atom stereocenters. The molecule has 14 atom stereocenters. The Morgan fingerprint density at radius 2 is 1.24 bits per heavy atom. The molecule has 5 saturated carbocycles. The monoisotopic (exact) mass is 713 g/mol. The van der Waals surface area contributed by atoms with Gasteiger partial charge < -0.3 is 15.6 Å². The minimum Gasteiger partial charge on any atom is -0.390 e. The lowest BCUT2D eigenvalue weighted by Gasteiger charge is -2.47. The zero-order valence-electron chi connectivity index (χ0n) is 25.8. The standard InChI is InChI=1S/C27H47N5O11S3/c1-43-22-12-17(30-29-16-5-7-18-14(9-16)3-2-4-23(18)44(34,35)36)6-8-21(22)31-32-26-25(46(40,41)42)11-15-10-24(45(37,38)39)20(28)13-19(15)27(26)33/h14-27,33H,2-13,28H2,1H3,(H,34,35,36)(H,37,38,39)(H,40,41,42). The molecule has 0 amide bonds. The molecular formula is C27H47N5O11S3. The molecule has 6 N–H and O–H groups in total. The average Bonchev–Trinajstić information content (AvgIpc) is 2.97. The van der Waals surface area contributed by atoms with Gasteiger partial charge in [-0.2, -0.15) is 45.7 Å². The Hall–Kier alpha value is -1.19. The van der Waals surface area contributed by atoms with E-state index in [1.54, 1.807) is 0 Å². The molecule has 0 aromatic rings. The lowest BCUT2D eigenvalue weighted by Crippen LogP contribution is -2.58. The van der Waals surface area contributed by atoms with E-state index in [1.165, 1.54) is 7.11 Å². The van der Waals surface area contributed by atoms with Crippen LogP contribution in [0.25, 0.3) is 0 Å². The van der Waals surface area contributed by atoms with E-state index in [9.17, 15) is 44.0 Å². The Balaban J connectivity index is 1.21. The number of hydrogen-bond donors (Lipinski definition) is 5. The Morgan fingerprint density at radius 1 is 0.630 bits per heavy atom. The Bertz CT molecular complexity index is 1480. The van der Waals surface area contributed by atoms with Crippen LogP contribution in [0.5, 0.6) is 0 Å². The van der Waals surface area contributed by atoms with Gasteiger partial charge in [-0.15, -0.1) is 0 Å². The van der Waals surface area contributed by atoms with E-state index in [2.05, 4.69) is 20.5 Å². The van der Waals surface area contributed by atoms with Crippen molar-refractivity contribution >= 4 is 30.4 Å². The van der Waals surface area contributed by atoms with Crippen molar-refractivity contribution in [3.05, 3.63) is 0 Å². The fourth-order valence-electron chi connectivity index (χ4n) is 8.98. The minimum atomic E-state index is -4.70. The fourth-order valence-corrected chi connectivity index (χ4v) is 12.3. The molecular weight excluding hydrogens is 667 g/mol. The van der Waals surface area contributed by atoms with Crippen LogP contribution in [-0.4, -0.2) is 109 Å². The molecule has 0 aromatic heterocycles. The second-order valence-electron chi connectivity index (χ2n) is 14.0. The van der Waals surface area contributed by atoms with Crippen LogP contribution in [-0.2, 0) is 35.1 Å². The summed E-state index contributed by atoms with van der Waals surface area (Å²) >= 11 is 0. The number of ether oxygens (including phenoxy) is 1. The summed E-state index contributed by atoms with van der Waals surface area (Å²) in [7, 11) is -11.7. The van der Waals surface area contributed by atoms with Crippen molar-refractivity contribution in [1.82, 2.24) is 0 Å². The largest absolute Gasteiger partial charge is 0.390 e. The molecule has 46 heavy (non-hydrogen) atoms. The van der Waals surface area contributed by atoms with Crippen LogP contribution < -0.4 is 5.73 Å². The van der Waals surface area contributed by atoms with Gasteiger partial charge in [-0.3, -0.25) is 13.7 Å². The van der Waals surface area contributed by atoms with Crippen LogP contribution in [0.4, 0.5) is 0 Å². The van der Waals surface area contributed by atoms with E-state index >= 15 is 0 Å². The summed E-state index contributed by atoms with van der Waals surface area (Å²) < 4.78 is 107. The number of nitrogens with zero attached hydrogens (tertiary/aromatic N) is 4. The molecule has 5 fully saturated rings. The molecule has 16 nitrogen and oxygen atoms in total. The summed E-state index contributed by atoms with van der Waals surface area (Å²) in [6.07, 6.45) is 3.84. The molecule has 5 rings (SSSR count). The summed E-state index contributed by atoms with van der Waals surface area (Å²) in [5, 5.41) is 25.6. The van der Waals surface area contributed by atoms with Crippen molar-refractivity contribution < 1.29 is 48.8 Å². The number of rotatable bonds is 8. The van der Waals surface area contributed by atoms with Gasteiger partial charge in [0.2, 0.25) is 0 Å². The summed E-state index contributed by atoms with van der Waals surface area (Å²) in [6, 6.07) is -2.88. The summed E-state index contributed by atoms with van der Waals surface area (Å²) in [6.45, 7) is 0. The van der Waals surface area contributed by atoms with Gasteiger partial charge in [-0.25, -0.2) is 0 Å². The lowest BCUT2D eigenvalue weighted by atomic mass is 9.66. The van der Waals surface area contributed by atoms with Crippen molar-refractivity contribution in [1.29, 1.82) is 0 Å². The molecule has 5 aliphatic rings. The third-order valence-corrected chi connectivity index (χ3v) is 15.2. The van der Waals surface area contributed by atoms with E-state index in [0.717, 1.165) is 19.3 Å². The molecule has 5 aliphatic carbocycles. The Labute approximate surface area is 270 Å². The van der Waals surface area contributed by atoms with Crippen LogP contribution in [0.1, 0.15) is 77.0 Å². The van der Waals surface area contributed by atoms with E-state index in [-0.39, 0.29) is 43.2 Å². The van der Waals surface area contributed by atoms with Gasteiger partial charge >= 0.3 is 0 Å². The normalized spacial score (nSPS) is 44.6. The number of nitrogens with two attached hydrogens (primary N) is 1. The maximum atomic E-state index is 12.4. The van der Waals surface area contributed by atoms with Gasteiger partial charge in [0.25, 0.3) is 30.4 Å². The van der Waals surface area contributed by atoms with E-state index in [0.29, 0.717) is 38.5 Å². The smallest absolute Gasteiger partial charge is 0.270 e. The maximum absolute atomic E-state index is 12.4. The molecule has 0 aliphatic heterocycles. The Morgan fingerprint density at radius 3 is 1.87 bits per heavy atom. The molecule has 0 aromatic carbocycles. The number of aliphatic hydroxyl groups excluding tert-OH is 1. The van der Waals surface area contributed by atoms with Gasteiger partial charge in [0.15, 0.2) is 0 Å². The SMILES string of the molecule is COC1CC(N=NC2CCC3C(CCCC3S(=O)(=O)O)C2)CCC1N=NC1C(O)C2CC(N)C(S(=O)(=O)O)CC2CC1S(=O)(=O)O. The molecule has 0 heterocycles. The number of fused-ring (bicyclic) bond motifs is 2. The van der Waals surface area contributed by atoms with E-state index in [4.69, 9.17) is 10.5 Å². The highest BCUT2D eigenvalue weighted by atomic mass is 32.2. The molecule has 0 bridgehead atoms. The third-order valence-electron chi connectivity index (χ3n) is 11.3. The van der Waals surface area contributed by atoms with Crippen LogP contribution >= 0.6 is 0 Å². The van der Waals surface area contributed by atoms with Crippen LogP contribution in [0.3, 0.4) is 0 Å². The first kappa shape index (κ1) is 36.1. The molecule has 19 heteroatoms. The van der Waals surface area contributed by atoms with Crippen LogP contribution in [0.15, 0.2) is 20.5 Å². The van der Waals surface area contributed by atoms with Gasteiger partial charge in [0.1, 0.15) is 16.5 Å². The van der Waals surface area contributed by atoms with Crippen LogP contribution in [0, 0.1) is 23.7 Å². The van der Waals surface area contributed by atoms with Gasteiger partial charge in [-0.1, -0.05) is 12.8 Å². The zero-order valence-corrected chi connectivity index (χ0v) is 28.3. The van der Waals surface area contributed by atoms with E-state index < -0.39 is 88.3 Å². The van der Waals surface area contributed by atoms with Crippen molar-refractivity contribution in [2.24, 2.45) is 49.9 Å². The van der Waals surface area contributed by atoms with Gasteiger partial charge in [0, 0.05) is 13.2 Å². The minimum absolute atomic E-state index is 0.0190. The Kier molecular flexibility index (Phi) is 11.0. The zero-order chi connectivity index (χ0) is 33.6. The molecule has 264 valence electrons. The maximum Gasteiger partial charge on any atom is 0.270 e. The van der Waals surface area contributed by atoms with Gasteiger partial charge in [-0.05, 0) is 87.9 Å². The molecule has 0 spiro atoms. The van der Waals surface area contributed by atoms with Crippen molar-refractivity contribution in [2.75, 3.05) is 7.11 Å². The second-order valence-corrected chi connectivity index (χ2v) is 18.9. The summed E-state index contributed by atoms with van der Waals surface area (Å²) in [4.78, 5) is 0. The first-order valence-electron chi connectivity index (χ1n) is 16.1. The van der Waals surface area contributed by atoms with Gasteiger partial charge in [0.05, 0.1) is 35.6 Å². The number of aliphatic hydroxyl groups is 1. The fraction of sp³-hybridized carbons (Fsp3) is 1.00. The lowest BCUT2D eigenvalue weighted by molar-refractivity contribution is -0.0101. The topological polar surface area (TPSA) is 268 Å².